The van der Waals surface area contributed by atoms with Crippen molar-refractivity contribution in [1.82, 2.24) is 14.5 Å². The predicted molar refractivity (Wildman–Crippen MR) is 289 cm³/mol. The van der Waals surface area contributed by atoms with E-state index in [0.29, 0.717) is 0 Å². The van der Waals surface area contributed by atoms with Crippen molar-refractivity contribution in [2.75, 3.05) is 0 Å². The Morgan fingerprint density at radius 1 is 0.536 bits per heavy atom. The van der Waals surface area contributed by atoms with Gasteiger partial charge in [0.2, 0.25) is 0 Å². The maximum Gasteiger partial charge on any atom is 2.00 e. The first-order chi connectivity index (χ1) is 33.6. The summed E-state index contributed by atoms with van der Waals surface area (Å²) < 4.78 is 4.79. The standard InChI is InChI=1S/C62H43N3SSi2.Pd/c1-65-55-35-16-15-34-54(55)64-62(65)44-22-19-32-50(40-44)67(45-23-6-2-7-24-45,46-25-8-3-9-26-46)49-31-18-21-43(39-49)60-53-41-57-52(51-33-14-17-36-56(51)66-57)42-59(53)68(47-27-10-4-11-28-47,48-29-12-5-13-30-48)58-37-20-38-63-61(58)60;/h2-38,41-42,60H,1H3;/q-2;+2. The molecule has 12 aromatic rings. The molecular weight excluding hydrogens is 981 g/mol. The van der Waals surface area contributed by atoms with Gasteiger partial charge < -0.3 is 4.57 Å². The molecule has 0 fully saturated rings. The molecule has 0 N–H and O–H groups in total. The molecule has 1 aliphatic heterocycles. The van der Waals surface area contributed by atoms with Crippen molar-refractivity contribution < 1.29 is 20.4 Å². The second-order valence-corrected chi connectivity index (χ2v) is 26.4. The Morgan fingerprint density at radius 2 is 1.14 bits per heavy atom. The average molecular weight is 1020 g/mol. The maximum absolute atomic E-state index is 5.50. The van der Waals surface area contributed by atoms with E-state index in [2.05, 4.69) is 254 Å². The molecule has 1 aliphatic rings. The minimum atomic E-state index is -3.16. The van der Waals surface area contributed by atoms with Gasteiger partial charge in [-0.1, -0.05) is 164 Å². The number of aryl methyl sites for hydroxylation is 1. The fourth-order valence-corrected chi connectivity index (χ4v) is 22.4. The Morgan fingerprint density at radius 3 is 1.84 bits per heavy atom. The predicted octanol–water partition coefficient (Wildman–Crippen LogP) is 8.85. The smallest absolute Gasteiger partial charge is 0.367 e. The van der Waals surface area contributed by atoms with E-state index in [4.69, 9.17) is 9.97 Å². The number of thiophene rings is 1. The summed E-state index contributed by atoms with van der Waals surface area (Å²) in [5, 5.41) is 12.9. The molecular formula is C62H43N3PdSSi2. The summed E-state index contributed by atoms with van der Waals surface area (Å²) in [6.07, 6.45) is 2.00. The van der Waals surface area contributed by atoms with Crippen LogP contribution in [0.2, 0.25) is 0 Å². The molecule has 0 amide bonds. The maximum atomic E-state index is 5.50. The van der Waals surface area contributed by atoms with E-state index >= 15 is 0 Å². The Kier molecular flexibility index (Phi) is 10.9. The van der Waals surface area contributed by atoms with Crippen LogP contribution in [0.15, 0.2) is 237 Å². The first-order valence-corrected chi connectivity index (χ1v) is 28.1. The molecule has 0 bridgehead atoms. The van der Waals surface area contributed by atoms with Gasteiger partial charge in [0, 0.05) is 39.3 Å². The molecule has 0 spiro atoms. The number of hydrogen-bond acceptors (Lipinski definition) is 3. The minimum absolute atomic E-state index is 0. The molecule has 3 aromatic heterocycles. The molecule has 9 aromatic carbocycles. The summed E-state index contributed by atoms with van der Waals surface area (Å²) in [6.45, 7) is 0. The van der Waals surface area contributed by atoms with Crippen molar-refractivity contribution in [3.05, 3.63) is 266 Å². The SMILES string of the molecule is Cn1c(-c2[c-]c([Si](c3[c-]c(C4c5cc6sc7ccccc7c6cc5[Si](c5ccccc5)(c5ccccc5)c5cccnc54)ccc3)(c3ccccc3)c3ccccc3)ccc2)nc2ccccc21.[Pd+2]. The third-order valence-corrected chi connectivity index (χ3v) is 25.0. The molecule has 1 unspecified atom stereocenters. The van der Waals surface area contributed by atoms with Crippen LogP contribution in [0.1, 0.15) is 22.7 Å². The molecule has 0 aliphatic carbocycles. The van der Waals surface area contributed by atoms with Gasteiger partial charge in [0.25, 0.3) is 0 Å². The monoisotopic (exact) mass is 1020 g/mol. The van der Waals surface area contributed by atoms with Crippen LogP contribution in [0.5, 0.6) is 0 Å². The number of benzene rings is 9. The average Bonchev–Trinajstić information content (AvgIpc) is 3.95. The van der Waals surface area contributed by atoms with Gasteiger partial charge in [-0.2, -0.15) is 29.5 Å². The number of pyridine rings is 1. The molecule has 4 heterocycles. The number of aromatic nitrogens is 3. The minimum Gasteiger partial charge on any atom is -0.367 e. The van der Waals surface area contributed by atoms with E-state index in [9.17, 15) is 0 Å². The first-order valence-electron chi connectivity index (χ1n) is 23.2. The summed E-state index contributed by atoms with van der Waals surface area (Å²) in [7, 11) is -4.02. The number of para-hydroxylation sites is 2. The fourth-order valence-electron chi connectivity index (χ4n) is 11.5. The molecule has 1 atom stereocenters. The van der Waals surface area contributed by atoms with Gasteiger partial charge in [0.1, 0.15) is 8.07 Å². The van der Waals surface area contributed by atoms with Crippen LogP contribution in [0.25, 0.3) is 42.6 Å². The van der Waals surface area contributed by atoms with Crippen LogP contribution >= 0.6 is 11.3 Å². The zero-order chi connectivity index (χ0) is 45.2. The molecule has 0 saturated carbocycles. The van der Waals surface area contributed by atoms with Crippen molar-refractivity contribution in [2.45, 2.75) is 5.92 Å². The summed E-state index contributed by atoms with van der Waals surface area (Å²) >= 11 is 1.89. The third-order valence-electron chi connectivity index (χ3n) is 14.4. The summed E-state index contributed by atoms with van der Waals surface area (Å²) in [5.41, 5.74) is 6.57. The van der Waals surface area contributed by atoms with Gasteiger partial charge in [-0.15, -0.1) is 51.9 Å². The molecule has 330 valence electrons. The van der Waals surface area contributed by atoms with Gasteiger partial charge in [-0.3, -0.25) is 9.97 Å². The van der Waals surface area contributed by atoms with Gasteiger partial charge in [-0.25, -0.2) is 0 Å². The van der Waals surface area contributed by atoms with Gasteiger partial charge >= 0.3 is 20.4 Å². The molecule has 69 heavy (non-hydrogen) atoms. The van der Waals surface area contributed by atoms with Crippen molar-refractivity contribution >= 4 is 100 Å². The van der Waals surface area contributed by atoms with E-state index in [0.717, 1.165) is 38.9 Å². The number of imidazole rings is 1. The van der Waals surface area contributed by atoms with Crippen LogP contribution in [0, 0.1) is 12.1 Å². The van der Waals surface area contributed by atoms with Gasteiger partial charge in [-0.05, 0) is 67.0 Å². The largest absolute Gasteiger partial charge is 2.00 e. The number of rotatable bonds is 8. The summed E-state index contributed by atoms with van der Waals surface area (Å²) in [5.74, 6) is 0.714. The quantitative estimate of drug-likeness (QED) is 0.0867. The molecule has 3 nitrogen and oxygen atoms in total. The zero-order valence-electron chi connectivity index (χ0n) is 37.7. The van der Waals surface area contributed by atoms with Gasteiger partial charge in [0.15, 0.2) is 8.07 Å². The molecule has 13 rings (SSSR count). The van der Waals surface area contributed by atoms with Crippen LogP contribution in [-0.2, 0) is 27.5 Å². The number of fused-ring (bicyclic) bond motifs is 6. The van der Waals surface area contributed by atoms with Crippen LogP contribution in [0.4, 0.5) is 0 Å². The zero-order valence-corrected chi connectivity index (χ0v) is 42.0. The normalized spacial score (nSPS) is 14.0. The summed E-state index contributed by atoms with van der Waals surface area (Å²) in [4.78, 5) is 10.7. The molecule has 0 saturated heterocycles. The van der Waals surface area contributed by atoms with E-state index < -0.39 is 16.1 Å². The fraction of sp³-hybridized carbons (Fsp3) is 0.0323. The summed E-state index contributed by atoms with van der Waals surface area (Å²) in [6, 6.07) is 93.7. The van der Waals surface area contributed by atoms with Crippen LogP contribution in [-0.4, -0.2) is 30.7 Å². The Hall–Kier alpha value is -7.08. The number of nitrogens with zero attached hydrogens (tertiary/aromatic N) is 3. The number of hydrogen-bond donors (Lipinski definition) is 0. The van der Waals surface area contributed by atoms with E-state index in [1.54, 1.807) is 0 Å². The topological polar surface area (TPSA) is 30.7 Å². The van der Waals surface area contributed by atoms with Crippen molar-refractivity contribution in [3.63, 3.8) is 0 Å². The first kappa shape index (κ1) is 43.2. The van der Waals surface area contributed by atoms with Crippen molar-refractivity contribution in [2.24, 2.45) is 7.05 Å². The third kappa shape index (κ3) is 6.68. The van der Waals surface area contributed by atoms with Crippen molar-refractivity contribution in [1.29, 1.82) is 0 Å². The van der Waals surface area contributed by atoms with Crippen molar-refractivity contribution in [3.8, 4) is 11.4 Å². The van der Waals surface area contributed by atoms with Crippen LogP contribution < -0.4 is 41.5 Å². The second kappa shape index (κ2) is 17.5. The molecule has 0 radical (unpaired) electrons. The van der Waals surface area contributed by atoms with E-state index in [1.165, 1.54) is 62.0 Å². The second-order valence-electron chi connectivity index (χ2n) is 17.8. The Labute approximate surface area is 422 Å². The van der Waals surface area contributed by atoms with E-state index in [-0.39, 0.29) is 26.3 Å². The van der Waals surface area contributed by atoms with Crippen LogP contribution in [0.3, 0.4) is 0 Å². The van der Waals surface area contributed by atoms with E-state index in [1.807, 2.05) is 17.5 Å². The molecule has 7 heteroatoms. The Bertz CT molecular complexity index is 3760. The van der Waals surface area contributed by atoms with Gasteiger partial charge in [0.05, 0.1) is 22.6 Å². The Balaban J connectivity index is 0.00000492.